The van der Waals surface area contributed by atoms with Crippen molar-refractivity contribution in [3.8, 4) is 67.0 Å². The molecule has 0 saturated carbocycles. The average molecular weight is 1080 g/mol. The van der Waals surface area contributed by atoms with Crippen LogP contribution in [0.25, 0.3) is 78.1 Å². The van der Waals surface area contributed by atoms with E-state index in [4.69, 9.17) is 9.97 Å². The second kappa shape index (κ2) is 20.5. The van der Waals surface area contributed by atoms with E-state index in [0.717, 1.165) is 72.9 Å². The summed E-state index contributed by atoms with van der Waals surface area (Å²) in [4.78, 5) is 14.3. The van der Waals surface area contributed by atoms with Crippen LogP contribution < -0.4 is 4.90 Å². The van der Waals surface area contributed by atoms with Crippen LogP contribution in [0.1, 0.15) is 44.5 Å². The molecule has 0 fully saturated rings. The zero-order valence-electron chi connectivity index (χ0n) is 46.6. The molecule has 0 atom stereocenters. The molecule has 13 aromatic carbocycles. The summed E-state index contributed by atoms with van der Waals surface area (Å²) in [6, 6.07) is 122. The maximum atomic E-state index is 6.01. The smallest absolute Gasteiger partial charge is 0.0979 e. The van der Waals surface area contributed by atoms with Gasteiger partial charge < -0.3 is 4.90 Å². The molecule has 1 aromatic heterocycles. The molecule has 0 unspecified atom stereocenters. The third-order valence-electron chi connectivity index (χ3n) is 17.8. The summed E-state index contributed by atoms with van der Waals surface area (Å²) < 4.78 is 0. The first-order valence-electron chi connectivity index (χ1n) is 29.3. The van der Waals surface area contributed by atoms with Crippen molar-refractivity contribution < 1.29 is 0 Å². The maximum absolute atomic E-state index is 6.01. The van der Waals surface area contributed by atoms with Gasteiger partial charge in [-0.05, 0) is 126 Å². The predicted octanol–water partition coefficient (Wildman–Crippen LogP) is 20.5. The molecule has 2 aliphatic carbocycles. The van der Waals surface area contributed by atoms with Crippen molar-refractivity contribution in [2.75, 3.05) is 4.90 Å². The van der Waals surface area contributed by atoms with Gasteiger partial charge in [0, 0.05) is 39.3 Å². The lowest BCUT2D eigenvalue weighted by Crippen LogP contribution is -2.28. The highest BCUT2D eigenvalue weighted by Crippen LogP contribution is 2.59. The van der Waals surface area contributed by atoms with Crippen molar-refractivity contribution >= 4 is 28.1 Å². The maximum Gasteiger partial charge on any atom is 0.0979 e. The largest absolute Gasteiger partial charge is 0.311 e. The summed E-state index contributed by atoms with van der Waals surface area (Å²) in [6.07, 6.45) is 0. The van der Waals surface area contributed by atoms with E-state index in [2.05, 4.69) is 339 Å². The molecule has 1 heterocycles. The lowest BCUT2D eigenvalue weighted by molar-refractivity contribution is 0.769. The van der Waals surface area contributed by atoms with E-state index in [9.17, 15) is 0 Å². The molecule has 3 nitrogen and oxygen atoms in total. The van der Waals surface area contributed by atoms with E-state index < -0.39 is 10.8 Å². The second-order valence-corrected chi connectivity index (χ2v) is 22.3. The number of nitrogens with zero attached hydrogens (tertiary/aromatic N) is 3. The summed E-state index contributed by atoms with van der Waals surface area (Å²) in [6.45, 7) is 0. The molecule has 3 heteroatoms. The lowest BCUT2D eigenvalue weighted by atomic mass is 9.67. The molecule has 0 amide bonds. The zero-order chi connectivity index (χ0) is 56.3. The van der Waals surface area contributed by atoms with Crippen molar-refractivity contribution in [2.45, 2.75) is 10.8 Å². The minimum Gasteiger partial charge on any atom is -0.311 e. The Labute approximate surface area is 496 Å². The molecular formula is C82H55N3. The van der Waals surface area contributed by atoms with Gasteiger partial charge in [0.2, 0.25) is 0 Å². The predicted molar refractivity (Wildman–Crippen MR) is 351 cm³/mol. The van der Waals surface area contributed by atoms with Gasteiger partial charge in [0.15, 0.2) is 0 Å². The van der Waals surface area contributed by atoms with Gasteiger partial charge in [-0.25, -0.2) is 9.97 Å². The Balaban J connectivity index is 0.961. The van der Waals surface area contributed by atoms with Gasteiger partial charge in [0.1, 0.15) is 0 Å². The topological polar surface area (TPSA) is 29.0 Å². The van der Waals surface area contributed by atoms with Gasteiger partial charge in [-0.2, -0.15) is 0 Å². The van der Waals surface area contributed by atoms with Gasteiger partial charge in [-0.3, -0.25) is 0 Å². The fourth-order valence-corrected chi connectivity index (χ4v) is 14.2. The molecule has 0 radical (unpaired) electrons. The first-order chi connectivity index (χ1) is 42.2. The van der Waals surface area contributed by atoms with Crippen LogP contribution in [0.15, 0.2) is 334 Å². The summed E-state index contributed by atoms with van der Waals surface area (Å²) >= 11 is 0. The molecule has 0 aliphatic heterocycles. The van der Waals surface area contributed by atoms with Crippen LogP contribution >= 0.6 is 0 Å². The highest BCUT2D eigenvalue weighted by atomic mass is 15.1. The third-order valence-corrected chi connectivity index (χ3v) is 17.8. The van der Waals surface area contributed by atoms with Crippen LogP contribution in [0.4, 0.5) is 17.1 Å². The van der Waals surface area contributed by atoms with E-state index in [1.54, 1.807) is 0 Å². The minimum absolute atomic E-state index is 0.580. The average Bonchev–Trinajstić information content (AvgIpc) is 1.73. The normalized spacial score (nSPS) is 13.1. The van der Waals surface area contributed by atoms with Gasteiger partial charge in [0.25, 0.3) is 0 Å². The van der Waals surface area contributed by atoms with E-state index in [1.165, 1.54) is 66.8 Å². The Hall–Kier alpha value is -11.0. The Morgan fingerprint density at radius 3 is 0.882 bits per heavy atom. The summed E-state index contributed by atoms with van der Waals surface area (Å²) in [5, 5.41) is 0. The Morgan fingerprint density at radius 1 is 0.212 bits per heavy atom. The first-order valence-corrected chi connectivity index (χ1v) is 29.3. The number of hydrogen-bond donors (Lipinski definition) is 0. The summed E-state index contributed by atoms with van der Waals surface area (Å²) in [5.41, 5.74) is 26.3. The summed E-state index contributed by atoms with van der Waals surface area (Å²) in [5.74, 6) is 0. The Bertz CT molecular complexity index is 4660. The molecular weight excluding hydrogens is 1030 g/mol. The molecule has 0 bridgehead atoms. The van der Waals surface area contributed by atoms with Crippen LogP contribution in [0.3, 0.4) is 0 Å². The number of para-hydroxylation sites is 2. The Kier molecular flexibility index (Phi) is 12.0. The van der Waals surface area contributed by atoms with Gasteiger partial charge in [-0.15, -0.1) is 0 Å². The summed E-state index contributed by atoms with van der Waals surface area (Å²) in [7, 11) is 0. The fourth-order valence-electron chi connectivity index (χ4n) is 14.2. The van der Waals surface area contributed by atoms with E-state index in [-0.39, 0.29) is 0 Å². The minimum atomic E-state index is -0.585. The Morgan fingerprint density at radius 2 is 0.494 bits per heavy atom. The van der Waals surface area contributed by atoms with Crippen LogP contribution in [0, 0.1) is 0 Å². The third kappa shape index (κ3) is 7.89. The molecule has 398 valence electrons. The highest BCUT2D eigenvalue weighted by Gasteiger charge is 2.48. The van der Waals surface area contributed by atoms with Crippen LogP contribution in [-0.2, 0) is 10.8 Å². The van der Waals surface area contributed by atoms with Gasteiger partial charge in [0.05, 0.1) is 33.3 Å². The first kappa shape index (κ1) is 49.8. The number of aromatic nitrogens is 2. The number of rotatable bonds is 11. The lowest BCUT2D eigenvalue weighted by Gasteiger charge is -2.34. The quantitative estimate of drug-likeness (QED) is 0.129. The van der Waals surface area contributed by atoms with Gasteiger partial charge in [-0.1, -0.05) is 285 Å². The highest BCUT2D eigenvalue weighted by molar-refractivity contribution is 6.04. The van der Waals surface area contributed by atoms with Crippen LogP contribution in [0.2, 0.25) is 0 Å². The van der Waals surface area contributed by atoms with Gasteiger partial charge >= 0.3 is 0 Å². The standard InChI is InChI=1S/C82H55N3/c1-8-26-56(27-9-1)77-78(57-44-48-66(49-45-57)85(64-36-18-6-19-37-64)65-38-20-7-21-39-65)84-80-68(59-47-51-72-70-41-23-25-43-74(70)82(76(72)55-59,62-32-14-4-15-33-62)63-34-16-5-17-35-63)53-52-67(79(80)83-77)58-46-50-71-69-40-22-24-42-73(69)81(75(71)54-58,60-28-10-2-11-29-60)61-30-12-3-13-31-61/h1-55H. The number of benzene rings is 13. The molecule has 0 saturated heterocycles. The molecule has 0 N–H and O–H groups in total. The van der Waals surface area contributed by atoms with Crippen molar-refractivity contribution in [1.82, 2.24) is 9.97 Å². The van der Waals surface area contributed by atoms with Crippen LogP contribution in [-0.4, -0.2) is 9.97 Å². The fraction of sp³-hybridized carbons (Fsp3) is 0.0244. The van der Waals surface area contributed by atoms with E-state index in [1.807, 2.05) is 0 Å². The number of fused-ring (bicyclic) bond motifs is 7. The van der Waals surface area contributed by atoms with Crippen molar-refractivity contribution in [2.24, 2.45) is 0 Å². The molecule has 16 rings (SSSR count). The molecule has 0 spiro atoms. The molecule has 14 aromatic rings. The molecule has 2 aliphatic rings. The van der Waals surface area contributed by atoms with Crippen molar-refractivity contribution in [3.63, 3.8) is 0 Å². The van der Waals surface area contributed by atoms with Crippen LogP contribution in [0.5, 0.6) is 0 Å². The number of hydrogen-bond acceptors (Lipinski definition) is 3. The monoisotopic (exact) mass is 1080 g/mol. The number of anilines is 3. The SMILES string of the molecule is c1ccc(-c2nc3c(-c4ccc5c(c4)C(c4ccccc4)(c4ccccc4)c4ccccc4-5)ccc(-c4ccc5c(c4)C(c4ccccc4)(c4ccccc4)c4ccccc4-5)c3nc2-c2ccc(N(c3ccccc3)c3ccccc3)cc2)cc1. The second-order valence-electron chi connectivity index (χ2n) is 22.3. The van der Waals surface area contributed by atoms with Crippen molar-refractivity contribution in [3.05, 3.63) is 378 Å². The molecule has 85 heavy (non-hydrogen) atoms. The van der Waals surface area contributed by atoms with E-state index in [0.29, 0.717) is 0 Å². The van der Waals surface area contributed by atoms with Crippen molar-refractivity contribution in [1.29, 1.82) is 0 Å². The zero-order valence-corrected chi connectivity index (χ0v) is 46.6. The van der Waals surface area contributed by atoms with E-state index >= 15 is 0 Å².